The first-order chi connectivity index (χ1) is 10.1. The van der Waals surface area contributed by atoms with Crippen LogP contribution in [0.3, 0.4) is 0 Å². The van der Waals surface area contributed by atoms with Gasteiger partial charge in [0.1, 0.15) is 0 Å². The van der Waals surface area contributed by atoms with Gasteiger partial charge in [0.2, 0.25) is 0 Å². The minimum Gasteiger partial charge on any atom is -0.266 e. The van der Waals surface area contributed by atoms with Crippen LogP contribution in [-0.2, 0) is 12.8 Å². The number of thiophene rings is 1. The Bertz CT molecular complexity index is 677. The SMILES string of the molecule is C/C(=N/NC(=O)c1cc2c(s1)CCC2)c1ccc(C)cc1. The van der Waals surface area contributed by atoms with Gasteiger partial charge in [-0.05, 0) is 50.3 Å². The highest BCUT2D eigenvalue weighted by atomic mass is 32.1. The summed E-state index contributed by atoms with van der Waals surface area (Å²) in [6.07, 6.45) is 3.43. The molecule has 0 aliphatic heterocycles. The molecule has 108 valence electrons. The molecule has 1 aliphatic rings. The van der Waals surface area contributed by atoms with E-state index >= 15 is 0 Å². The zero-order valence-corrected chi connectivity index (χ0v) is 13.1. The van der Waals surface area contributed by atoms with E-state index in [2.05, 4.69) is 10.5 Å². The normalized spacial score (nSPS) is 14.1. The minimum atomic E-state index is -0.110. The van der Waals surface area contributed by atoms with Gasteiger partial charge in [-0.3, -0.25) is 4.79 Å². The van der Waals surface area contributed by atoms with Gasteiger partial charge >= 0.3 is 0 Å². The monoisotopic (exact) mass is 298 g/mol. The molecule has 4 heteroatoms. The molecule has 1 heterocycles. The lowest BCUT2D eigenvalue weighted by atomic mass is 10.1. The van der Waals surface area contributed by atoms with Crippen molar-refractivity contribution in [1.82, 2.24) is 5.43 Å². The second-order valence-corrected chi connectivity index (χ2v) is 6.55. The largest absolute Gasteiger partial charge is 0.281 e. The van der Waals surface area contributed by atoms with Crippen LogP contribution in [0.15, 0.2) is 35.4 Å². The third kappa shape index (κ3) is 3.05. The van der Waals surface area contributed by atoms with Gasteiger partial charge in [0.25, 0.3) is 5.91 Å². The number of hydrogen-bond donors (Lipinski definition) is 1. The first-order valence-corrected chi connectivity index (χ1v) is 7.98. The number of benzene rings is 1. The predicted octanol–water partition coefficient (Wildman–Crippen LogP) is 3.70. The van der Waals surface area contributed by atoms with E-state index in [9.17, 15) is 4.79 Å². The highest BCUT2D eigenvalue weighted by Crippen LogP contribution is 2.30. The smallest absolute Gasteiger partial charge is 0.266 e. The van der Waals surface area contributed by atoms with Gasteiger partial charge in [-0.15, -0.1) is 11.3 Å². The molecule has 3 rings (SSSR count). The molecule has 0 radical (unpaired) electrons. The van der Waals surface area contributed by atoms with E-state index in [0.717, 1.165) is 29.0 Å². The van der Waals surface area contributed by atoms with E-state index in [-0.39, 0.29) is 5.91 Å². The fourth-order valence-electron chi connectivity index (χ4n) is 2.49. The molecule has 0 saturated heterocycles. The lowest BCUT2D eigenvalue weighted by Gasteiger charge is -2.02. The van der Waals surface area contributed by atoms with Crippen molar-refractivity contribution in [3.8, 4) is 0 Å². The van der Waals surface area contributed by atoms with Crippen LogP contribution in [-0.4, -0.2) is 11.6 Å². The van der Waals surface area contributed by atoms with Crippen molar-refractivity contribution in [1.29, 1.82) is 0 Å². The maximum absolute atomic E-state index is 12.1. The predicted molar refractivity (Wildman–Crippen MR) is 87.2 cm³/mol. The van der Waals surface area contributed by atoms with E-state index in [0.29, 0.717) is 0 Å². The molecule has 21 heavy (non-hydrogen) atoms. The van der Waals surface area contributed by atoms with Gasteiger partial charge in [0.15, 0.2) is 0 Å². The summed E-state index contributed by atoms with van der Waals surface area (Å²) in [5, 5.41) is 4.21. The summed E-state index contributed by atoms with van der Waals surface area (Å²) in [5.41, 5.74) is 7.04. The zero-order valence-electron chi connectivity index (χ0n) is 12.3. The number of amides is 1. The van der Waals surface area contributed by atoms with Crippen LogP contribution in [0.1, 0.15) is 44.6 Å². The van der Waals surface area contributed by atoms with Crippen LogP contribution in [0.4, 0.5) is 0 Å². The van der Waals surface area contributed by atoms with Crippen molar-refractivity contribution >= 4 is 23.0 Å². The number of carbonyl (C=O) groups is 1. The quantitative estimate of drug-likeness (QED) is 0.681. The molecular formula is C17H18N2OS. The highest BCUT2D eigenvalue weighted by Gasteiger charge is 2.18. The lowest BCUT2D eigenvalue weighted by Crippen LogP contribution is -2.18. The number of fused-ring (bicyclic) bond motifs is 1. The molecule has 0 fully saturated rings. The minimum absolute atomic E-state index is 0.110. The summed E-state index contributed by atoms with van der Waals surface area (Å²) in [6.45, 7) is 3.95. The van der Waals surface area contributed by atoms with Gasteiger partial charge < -0.3 is 0 Å². The van der Waals surface area contributed by atoms with E-state index in [1.165, 1.54) is 22.4 Å². The molecule has 0 unspecified atom stereocenters. The van der Waals surface area contributed by atoms with E-state index < -0.39 is 0 Å². The molecule has 1 aromatic heterocycles. The van der Waals surface area contributed by atoms with Crippen molar-refractivity contribution in [2.75, 3.05) is 0 Å². The number of hydrogen-bond acceptors (Lipinski definition) is 3. The average Bonchev–Trinajstić information content (AvgIpc) is 3.06. The van der Waals surface area contributed by atoms with Crippen molar-refractivity contribution in [2.45, 2.75) is 33.1 Å². The molecule has 0 bridgehead atoms. The van der Waals surface area contributed by atoms with Crippen LogP contribution in [0.5, 0.6) is 0 Å². The van der Waals surface area contributed by atoms with E-state index in [1.807, 2.05) is 44.2 Å². The molecule has 1 amide bonds. The van der Waals surface area contributed by atoms with Gasteiger partial charge in [-0.25, -0.2) is 5.43 Å². The summed E-state index contributed by atoms with van der Waals surface area (Å²) in [6, 6.07) is 10.1. The Morgan fingerprint density at radius 2 is 2.00 bits per heavy atom. The number of nitrogens with one attached hydrogen (secondary N) is 1. The second-order valence-electron chi connectivity index (χ2n) is 5.42. The fraction of sp³-hybridized carbons (Fsp3) is 0.294. The summed E-state index contributed by atoms with van der Waals surface area (Å²) in [7, 11) is 0. The maximum Gasteiger partial charge on any atom is 0.281 e. The number of carbonyl (C=O) groups excluding carboxylic acids is 1. The number of rotatable bonds is 3. The molecule has 1 aliphatic carbocycles. The maximum atomic E-state index is 12.1. The third-order valence-corrected chi connectivity index (χ3v) is 5.00. The first kappa shape index (κ1) is 14.0. The first-order valence-electron chi connectivity index (χ1n) is 7.17. The highest BCUT2D eigenvalue weighted by molar-refractivity contribution is 7.14. The molecule has 0 spiro atoms. The molecular weight excluding hydrogens is 280 g/mol. The third-order valence-electron chi connectivity index (χ3n) is 3.76. The molecule has 1 N–H and O–H groups in total. The Morgan fingerprint density at radius 1 is 1.24 bits per heavy atom. The fourth-order valence-corrected chi connectivity index (χ4v) is 3.63. The van der Waals surface area contributed by atoms with Crippen LogP contribution >= 0.6 is 11.3 Å². The van der Waals surface area contributed by atoms with Crippen LogP contribution in [0, 0.1) is 6.92 Å². The molecule has 0 saturated carbocycles. The number of hydrazone groups is 1. The Hall–Kier alpha value is -1.94. The van der Waals surface area contributed by atoms with E-state index in [4.69, 9.17) is 0 Å². The Kier molecular flexibility index (Phi) is 3.88. The average molecular weight is 298 g/mol. The summed E-state index contributed by atoms with van der Waals surface area (Å²) >= 11 is 1.60. The summed E-state index contributed by atoms with van der Waals surface area (Å²) in [5.74, 6) is -0.110. The van der Waals surface area contributed by atoms with Crippen molar-refractivity contribution < 1.29 is 4.79 Å². The van der Waals surface area contributed by atoms with Crippen LogP contribution in [0.25, 0.3) is 0 Å². The standard InChI is InChI=1S/C17H18N2OS/c1-11-6-8-13(9-7-11)12(2)18-19-17(20)16-10-14-4-3-5-15(14)21-16/h6-10H,3-5H2,1-2H3,(H,19,20)/b18-12-. The second kappa shape index (κ2) is 5.82. The van der Waals surface area contributed by atoms with Gasteiger partial charge in [0, 0.05) is 4.88 Å². The molecule has 0 atom stereocenters. The zero-order chi connectivity index (χ0) is 14.8. The van der Waals surface area contributed by atoms with Gasteiger partial charge in [-0.2, -0.15) is 5.10 Å². The molecule has 1 aromatic carbocycles. The Labute approximate surface area is 128 Å². The Morgan fingerprint density at radius 3 is 2.71 bits per heavy atom. The molecule has 2 aromatic rings. The summed E-state index contributed by atoms with van der Waals surface area (Å²) < 4.78 is 0. The van der Waals surface area contributed by atoms with Crippen molar-refractivity contribution in [2.24, 2.45) is 5.10 Å². The van der Waals surface area contributed by atoms with Crippen LogP contribution < -0.4 is 5.43 Å². The number of nitrogens with zero attached hydrogens (tertiary/aromatic N) is 1. The lowest BCUT2D eigenvalue weighted by molar-refractivity contribution is 0.0959. The van der Waals surface area contributed by atoms with Crippen molar-refractivity contribution in [3.63, 3.8) is 0 Å². The number of aryl methyl sites for hydroxylation is 3. The van der Waals surface area contributed by atoms with Crippen LogP contribution in [0.2, 0.25) is 0 Å². The van der Waals surface area contributed by atoms with Gasteiger partial charge in [-0.1, -0.05) is 29.8 Å². The topological polar surface area (TPSA) is 41.5 Å². The van der Waals surface area contributed by atoms with E-state index in [1.54, 1.807) is 11.3 Å². The molecule has 3 nitrogen and oxygen atoms in total. The summed E-state index contributed by atoms with van der Waals surface area (Å²) in [4.78, 5) is 14.3. The van der Waals surface area contributed by atoms with Gasteiger partial charge in [0.05, 0.1) is 10.6 Å². The van der Waals surface area contributed by atoms with Crippen molar-refractivity contribution in [3.05, 3.63) is 56.8 Å². The Balaban J connectivity index is 1.69.